The lowest BCUT2D eigenvalue weighted by Gasteiger charge is -2.18. The number of nitrogens with zero attached hydrogens (tertiary/aromatic N) is 1. The van der Waals surface area contributed by atoms with E-state index in [1.807, 2.05) is 37.3 Å². The molecule has 3 rings (SSSR count). The minimum Gasteiger partial charge on any atom is -0.462 e. The van der Waals surface area contributed by atoms with Crippen molar-refractivity contribution in [2.45, 2.75) is 33.1 Å². The Morgan fingerprint density at radius 3 is 2.30 bits per heavy atom. The molecule has 0 amide bonds. The zero-order valence-corrected chi connectivity index (χ0v) is 13.7. The van der Waals surface area contributed by atoms with Gasteiger partial charge in [-0.15, -0.1) is 0 Å². The summed E-state index contributed by atoms with van der Waals surface area (Å²) in [6.07, 6.45) is 1.59. The molecule has 2 aromatic rings. The summed E-state index contributed by atoms with van der Waals surface area (Å²) in [5.41, 5.74) is 2.32. The number of aliphatic imine (C=N–C) groups is 1. The van der Waals surface area contributed by atoms with Crippen molar-refractivity contribution in [2.75, 3.05) is 0 Å². The molecule has 0 fully saturated rings. The zero-order valence-electron chi connectivity index (χ0n) is 13.7. The van der Waals surface area contributed by atoms with Crippen LogP contribution in [0.4, 0.5) is 0 Å². The molecule has 0 unspecified atom stereocenters. The Labute approximate surface area is 135 Å². The van der Waals surface area contributed by atoms with Crippen LogP contribution in [0, 0.1) is 6.92 Å². The van der Waals surface area contributed by atoms with Gasteiger partial charge in [0, 0.05) is 11.6 Å². The Hall–Kier alpha value is -2.62. The first-order chi connectivity index (χ1) is 10.8. The van der Waals surface area contributed by atoms with Gasteiger partial charge in [-0.1, -0.05) is 32.9 Å². The summed E-state index contributed by atoms with van der Waals surface area (Å²) in [5.74, 6) is 1.23. The Kier molecular flexibility index (Phi) is 3.68. The lowest BCUT2D eigenvalue weighted by Crippen LogP contribution is -2.11. The molecule has 0 bridgehead atoms. The summed E-state index contributed by atoms with van der Waals surface area (Å²) in [7, 11) is 0. The summed E-state index contributed by atoms with van der Waals surface area (Å²) < 4.78 is 10.7. The van der Waals surface area contributed by atoms with Crippen molar-refractivity contribution in [1.82, 2.24) is 0 Å². The number of rotatable bonds is 2. The summed E-state index contributed by atoms with van der Waals surface area (Å²) in [4.78, 5) is 16.2. The molecule has 0 aliphatic carbocycles. The number of esters is 1. The average molecular weight is 309 g/mol. The normalized spacial score (nSPS) is 16.6. The van der Waals surface area contributed by atoms with Crippen LogP contribution in [0.25, 0.3) is 6.08 Å². The third-order valence-electron chi connectivity index (χ3n) is 3.66. The molecule has 1 aromatic heterocycles. The molecule has 23 heavy (non-hydrogen) atoms. The van der Waals surface area contributed by atoms with Crippen LogP contribution in [0.5, 0.6) is 0 Å². The minimum absolute atomic E-state index is 0.0783. The molecule has 4 nitrogen and oxygen atoms in total. The molecule has 1 aromatic carbocycles. The van der Waals surface area contributed by atoms with Gasteiger partial charge < -0.3 is 9.15 Å². The molecule has 1 aliphatic heterocycles. The standard InChI is InChI=1S/C19H19NO3/c1-12-5-10-15(22-12)11-16-18(21)23-17(20-16)13-6-8-14(9-7-13)19(2,3)4/h5-11H,1-4H3/b16-11+. The van der Waals surface area contributed by atoms with E-state index in [9.17, 15) is 4.79 Å². The molecule has 118 valence electrons. The van der Waals surface area contributed by atoms with Crippen molar-refractivity contribution in [1.29, 1.82) is 0 Å². The van der Waals surface area contributed by atoms with E-state index >= 15 is 0 Å². The first-order valence-electron chi connectivity index (χ1n) is 7.53. The van der Waals surface area contributed by atoms with E-state index in [4.69, 9.17) is 9.15 Å². The van der Waals surface area contributed by atoms with Crippen LogP contribution in [0.2, 0.25) is 0 Å². The van der Waals surface area contributed by atoms with E-state index in [-0.39, 0.29) is 11.1 Å². The Morgan fingerprint density at radius 2 is 1.74 bits per heavy atom. The van der Waals surface area contributed by atoms with Crippen molar-refractivity contribution in [3.05, 3.63) is 64.7 Å². The number of hydrogen-bond donors (Lipinski definition) is 0. The SMILES string of the molecule is Cc1ccc(/C=C2/N=C(c3ccc(C(C)(C)C)cc3)OC2=O)o1. The number of furan rings is 1. The second-order valence-electron chi connectivity index (χ2n) is 6.61. The monoisotopic (exact) mass is 309 g/mol. The average Bonchev–Trinajstić information content (AvgIpc) is 3.05. The van der Waals surface area contributed by atoms with Crippen molar-refractivity contribution >= 4 is 17.9 Å². The molecular weight excluding hydrogens is 290 g/mol. The Balaban J connectivity index is 1.88. The van der Waals surface area contributed by atoms with Gasteiger partial charge in [0.1, 0.15) is 11.5 Å². The van der Waals surface area contributed by atoms with Gasteiger partial charge in [0.15, 0.2) is 5.70 Å². The van der Waals surface area contributed by atoms with E-state index in [0.29, 0.717) is 11.7 Å². The predicted molar refractivity (Wildman–Crippen MR) is 89.2 cm³/mol. The van der Waals surface area contributed by atoms with Gasteiger partial charge in [-0.25, -0.2) is 9.79 Å². The maximum absolute atomic E-state index is 11.9. The Morgan fingerprint density at radius 1 is 1.04 bits per heavy atom. The van der Waals surface area contributed by atoms with Crippen molar-refractivity contribution in [3.63, 3.8) is 0 Å². The molecule has 1 aliphatic rings. The highest BCUT2D eigenvalue weighted by Crippen LogP contribution is 2.24. The smallest absolute Gasteiger partial charge is 0.363 e. The maximum atomic E-state index is 11.9. The topological polar surface area (TPSA) is 51.8 Å². The van der Waals surface area contributed by atoms with E-state index in [0.717, 1.165) is 11.3 Å². The number of carbonyl (C=O) groups excluding carboxylic acids is 1. The van der Waals surface area contributed by atoms with E-state index < -0.39 is 5.97 Å². The Bertz CT molecular complexity index is 802. The van der Waals surface area contributed by atoms with Gasteiger partial charge in [0.05, 0.1) is 0 Å². The van der Waals surface area contributed by atoms with Crippen LogP contribution in [0.3, 0.4) is 0 Å². The van der Waals surface area contributed by atoms with Gasteiger partial charge >= 0.3 is 5.97 Å². The fraction of sp³-hybridized carbons (Fsp3) is 0.263. The van der Waals surface area contributed by atoms with Crippen LogP contribution in [-0.4, -0.2) is 11.9 Å². The second kappa shape index (κ2) is 5.54. The summed E-state index contributed by atoms with van der Waals surface area (Å²) in [5, 5.41) is 0. The van der Waals surface area contributed by atoms with E-state index in [2.05, 4.69) is 25.8 Å². The van der Waals surface area contributed by atoms with Crippen LogP contribution in [0.15, 0.2) is 51.5 Å². The maximum Gasteiger partial charge on any atom is 0.363 e. The van der Waals surface area contributed by atoms with Gasteiger partial charge in [-0.2, -0.15) is 0 Å². The van der Waals surface area contributed by atoms with Gasteiger partial charge in [0.2, 0.25) is 5.90 Å². The number of aryl methyl sites for hydroxylation is 1. The summed E-state index contributed by atoms with van der Waals surface area (Å²) >= 11 is 0. The predicted octanol–water partition coefficient (Wildman–Crippen LogP) is 4.23. The number of carbonyl (C=O) groups is 1. The number of benzene rings is 1. The third kappa shape index (κ3) is 3.26. The number of cyclic esters (lactones) is 1. The molecule has 0 saturated heterocycles. The lowest BCUT2D eigenvalue weighted by molar-refractivity contribution is -0.129. The minimum atomic E-state index is -0.464. The van der Waals surface area contributed by atoms with Crippen molar-refractivity contribution in [2.24, 2.45) is 4.99 Å². The van der Waals surface area contributed by atoms with Gasteiger partial charge in [-0.05, 0) is 42.2 Å². The van der Waals surface area contributed by atoms with Crippen molar-refractivity contribution < 1.29 is 13.9 Å². The molecule has 0 N–H and O–H groups in total. The fourth-order valence-corrected chi connectivity index (χ4v) is 2.31. The molecular formula is C19H19NO3. The van der Waals surface area contributed by atoms with E-state index in [1.54, 1.807) is 12.1 Å². The molecule has 0 saturated carbocycles. The lowest BCUT2D eigenvalue weighted by atomic mass is 9.87. The van der Waals surface area contributed by atoms with Crippen molar-refractivity contribution in [3.8, 4) is 0 Å². The van der Waals surface area contributed by atoms with Crippen LogP contribution in [-0.2, 0) is 14.9 Å². The van der Waals surface area contributed by atoms with Gasteiger partial charge in [0.25, 0.3) is 0 Å². The fourth-order valence-electron chi connectivity index (χ4n) is 2.31. The van der Waals surface area contributed by atoms with E-state index in [1.165, 1.54) is 5.56 Å². The molecule has 4 heteroatoms. The number of hydrogen-bond acceptors (Lipinski definition) is 4. The van der Waals surface area contributed by atoms with Gasteiger partial charge in [-0.3, -0.25) is 0 Å². The molecule has 0 radical (unpaired) electrons. The van der Waals surface area contributed by atoms with Crippen LogP contribution < -0.4 is 0 Å². The molecule has 0 spiro atoms. The summed E-state index contributed by atoms with van der Waals surface area (Å²) in [6, 6.07) is 11.5. The number of ether oxygens (including phenoxy) is 1. The van der Waals surface area contributed by atoms with Crippen LogP contribution in [0.1, 0.15) is 43.4 Å². The summed E-state index contributed by atoms with van der Waals surface area (Å²) in [6.45, 7) is 8.31. The highest BCUT2D eigenvalue weighted by Gasteiger charge is 2.25. The molecule has 2 heterocycles. The quantitative estimate of drug-likeness (QED) is 0.616. The first kappa shape index (κ1) is 15.3. The third-order valence-corrected chi connectivity index (χ3v) is 3.66. The zero-order chi connectivity index (χ0) is 16.6. The highest BCUT2D eigenvalue weighted by atomic mass is 16.6. The van der Waals surface area contributed by atoms with Crippen LogP contribution >= 0.6 is 0 Å². The first-order valence-corrected chi connectivity index (χ1v) is 7.53. The molecule has 0 atom stereocenters. The highest BCUT2D eigenvalue weighted by molar-refractivity contribution is 6.12. The largest absolute Gasteiger partial charge is 0.462 e. The second-order valence-corrected chi connectivity index (χ2v) is 6.61.